The Morgan fingerprint density at radius 2 is 2.00 bits per heavy atom. The number of benzene rings is 1. The summed E-state index contributed by atoms with van der Waals surface area (Å²) >= 11 is 0. The molecule has 0 spiro atoms. The van der Waals surface area contributed by atoms with Crippen molar-refractivity contribution in [2.24, 2.45) is 11.3 Å². The van der Waals surface area contributed by atoms with Crippen LogP contribution in [0.5, 0.6) is 0 Å². The molecule has 0 N–H and O–H groups in total. The number of rotatable bonds is 3. The molecule has 2 aliphatic rings. The van der Waals surface area contributed by atoms with Crippen LogP contribution >= 0.6 is 0 Å². The highest BCUT2D eigenvalue weighted by Crippen LogP contribution is 2.51. The Morgan fingerprint density at radius 1 is 1.30 bits per heavy atom. The molecule has 124 valence electrons. The number of carbonyl (C=O) groups is 2. The van der Waals surface area contributed by atoms with Gasteiger partial charge in [-0.2, -0.15) is 0 Å². The number of esters is 1. The summed E-state index contributed by atoms with van der Waals surface area (Å²) in [5.74, 6) is -0.297. The fourth-order valence-corrected chi connectivity index (χ4v) is 3.89. The van der Waals surface area contributed by atoms with Crippen molar-refractivity contribution in [3.05, 3.63) is 35.9 Å². The van der Waals surface area contributed by atoms with E-state index in [9.17, 15) is 9.59 Å². The summed E-state index contributed by atoms with van der Waals surface area (Å²) in [6, 6.07) is 9.94. The first-order valence-electron chi connectivity index (χ1n) is 8.38. The number of carbonyl (C=O) groups excluding carboxylic acids is 2. The number of fused-ring (bicyclic) bond motifs is 1. The average Bonchev–Trinajstić information content (AvgIpc) is 2.99. The summed E-state index contributed by atoms with van der Waals surface area (Å²) in [5, 5.41) is 0. The highest BCUT2D eigenvalue weighted by molar-refractivity contribution is 5.92. The molecule has 1 aromatic rings. The van der Waals surface area contributed by atoms with E-state index >= 15 is 0 Å². The van der Waals surface area contributed by atoms with E-state index in [0.29, 0.717) is 13.1 Å². The van der Waals surface area contributed by atoms with Gasteiger partial charge < -0.3 is 9.64 Å². The Labute approximate surface area is 137 Å². The van der Waals surface area contributed by atoms with Crippen LogP contribution in [-0.2, 0) is 20.9 Å². The molecule has 1 saturated carbocycles. The zero-order valence-electron chi connectivity index (χ0n) is 14.2. The van der Waals surface area contributed by atoms with Gasteiger partial charge in [0.2, 0.25) is 5.91 Å². The van der Waals surface area contributed by atoms with Gasteiger partial charge in [0.1, 0.15) is 5.60 Å². The Bertz CT molecular complexity index is 605. The largest absolute Gasteiger partial charge is 0.459 e. The van der Waals surface area contributed by atoms with Crippen molar-refractivity contribution in [1.82, 2.24) is 4.90 Å². The minimum absolute atomic E-state index is 0.109. The quantitative estimate of drug-likeness (QED) is 0.805. The fraction of sp³-hybridized carbons (Fsp3) is 0.579. The maximum Gasteiger partial charge on any atom is 0.315 e. The average molecular weight is 315 g/mol. The monoisotopic (exact) mass is 315 g/mol. The summed E-state index contributed by atoms with van der Waals surface area (Å²) in [5.41, 5.74) is -0.0613. The minimum Gasteiger partial charge on any atom is -0.459 e. The van der Waals surface area contributed by atoms with Gasteiger partial charge in [-0.05, 0) is 39.2 Å². The highest BCUT2D eigenvalue weighted by Gasteiger charge is 2.60. The van der Waals surface area contributed by atoms with Gasteiger partial charge in [-0.3, -0.25) is 9.59 Å². The molecule has 1 saturated heterocycles. The second-order valence-electron chi connectivity index (χ2n) is 7.78. The van der Waals surface area contributed by atoms with Gasteiger partial charge in [-0.1, -0.05) is 36.8 Å². The van der Waals surface area contributed by atoms with E-state index in [1.807, 2.05) is 56.0 Å². The number of ether oxygens (including phenoxy) is 1. The van der Waals surface area contributed by atoms with Crippen LogP contribution in [0, 0.1) is 11.3 Å². The standard InChI is InChI=1S/C19H25NO3/c1-18(2,3)23-17(22)19-11-7-10-15(19)16(21)20(13-19)12-14-8-5-4-6-9-14/h4-6,8-9,15H,7,10-13H2,1-3H3. The summed E-state index contributed by atoms with van der Waals surface area (Å²) in [7, 11) is 0. The van der Waals surface area contributed by atoms with E-state index in [4.69, 9.17) is 4.74 Å². The van der Waals surface area contributed by atoms with Crippen LogP contribution in [0.25, 0.3) is 0 Å². The Hall–Kier alpha value is -1.84. The molecular weight excluding hydrogens is 290 g/mol. The molecule has 4 nitrogen and oxygen atoms in total. The van der Waals surface area contributed by atoms with Crippen molar-refractivity contribution >= 4 is 11.9 Å². The predicted octanol–water partition coefficient (Wildman–Crippen LogP) is 3.16. The third-order valence-corrected chi connectivity index (χ3v) is 4.89. The SMILES string of the molecule is CC(C)(C)OC(=O)C12CCCC1C(=O)N(Cc1ccccc1)C2. The molecule has 2 atom stereocenters. The Kier molecular flexibility index (Phi) is 3.95. The number of hydrogen-bond donors (Lipinski definition) is 0. The van der Waals surface area contributed by atoms with E-state index in [2.05, 4.69) is 0 Å². The Morgan fingerprint density at radius 3 is 2.65 bits per heavy atom. The Balaban J connectivity index is 1.81. The summed E-state index contributed by atoms with van der Waals surface area (Å²) < 4.78 is 5.66. The topological polar surface area (TPSA) is 46.6 Å². The molecule has 1 heterocycles. The zero-order chi connectivity index (χ0) is 16.7. The number of nitrogens with zero attached hydrogens (tertiary/aromatic N) is 1. The normalized spacial score (nSPS) is 27.2. The molecule has 23 heavy (non-hydrogen) atoms. The van der Waals surface area contributed by atoms with Crippen LogP contribution in [0.4, 0.5) is 0 Å². The van der Waals surface area contributed by atoms with Crippen LogP contribution < -0.4 is 0 Å². The van der Waals surface area contributed by atoms with E-state index in [-0.39, 0.29) is 17.8 Å². The molecular formula is C19H25NO3. The first kappa shape index (κ1) is 16.0. The molecule has 0 radical (unpaired) electrons. The third-order valence-electron chi connectivity index (χ3n) is 4.89. The molecule has 1 aromatic carbocycles. The van der Waals surface area contributed by atoms with Crippen molar-refractivity contribution in [1.29, 1.82) is 0 Å². The van der Waals surface area contributed by atoms with Gasteiger partial charge in [0.15, 0.2) is 0 Å². The molecule has 2 unspecified atom stereocenters. The van der Waals surface area contributed by atoms with Gasteiger partial charge in [0, 0.05) is 13.1 Å². The second kappa shape index (κ2) is 5.66. The third kappa shape index (κ3) is 2.99. The number of likely N-dealkylation sites (tertiary alicyclic amines) is 1. The molecule has 4 heteroatoms. The van der Waals surface area contributed by atoms with E-state index < -0.39 is 11.0 Å². The molecule has 0 bridgehead atoms. The first-order chi connectivity index (χ1) is 10.8. The number of hydrogen-bond acceptors (Lipinski definition) is 3. The lowest BCUT2D eigenvalue weighted by atomic mass is 9.80. The zero-order valence-corrected chi connectivity index (χ0v) is 14.2. The molecule has 0 aromatic heterocycles. The van der Waals surface area contributed by atoms with Crippen molar-refractivity contribution in [3.8, 4) is 0 Å². The summed E-state index contributed by atoms with van der Waals surface area (Å²) in [6.45, 7) is 6.69. The van der Waals surface area contributed by atoms with Crippen molar-refractivity contribution in [2.45, 2.75) is 52.2 Å². The van der Waals surface area contributed by atoms with Crippen molar-refractivity contribution in [3.63, 3.8) is 0 Å². The molecule has 3 rings (SSSR count). The maximum atomic E-state index is 12.8. The summed E-state index contributed by atoms with van der Waals surface area (Å²) in [6.07, 6.45) is 2.47. The van der Waals surface area contributed by atoms with Gasteiger partial charge in [0.25, 0.3) is 0 Å². The van der Waals surface area contributed by atoms with Crippen LogP contribution in [-0.4, -0.2) is 28.9 Å². The van der Waals surface area contributed by atoms with Gasteiger partial charge in [0.05, 0.1) is 11.3 Å². The van der Waals surface area contributed by atoms with E-state index in [1.165, 1.54) is 0 Å². The van der Waals surface area contributed by atoms with Gasteiger partial charge in [-0.15, -0.1) is 0 Å². The molecule has 1 aliphatic heterocycles. The molecule has 1 aliphatic carbocycles. The van der Waals surface area contributed by atoms with Crippen LogP contribution in [0.3, 0.4) is 0 Å². The van der Waals surface area contributed by atoms with Crippen molar-refractivity contribution < 1.29 is 14.3 Å². The van der Waals surface area contributed by atoms with E-state index in [1.54, 1.807) is 0 Å². The summed E-state index contributed by atoms with van der Waals surface area (Å²) in [4.78, 5) is 27.4. The predicted molar refractivity (Wildman–Crippen MR) is 87.5 cm³/mol. The minimum atomic E-state index is -0.640. The lowest BCUT2D eigenvalue weighted by Crippen LogP contribution is -2.41. The lowest BCUT2D eigenvalue weighted by molar-refractivity contribution is -0.168. The van der Waals surface area contributed by atoms with Crippen LogP contribution in [0.1, 0.15) is 45.6 Å². The van der Waals surface area contributed by atoms with Crippen LogP contribution in [0.15, 0.2) is 30.3 Å². The number of amides is 1. The molecule has 2 fully saturated rings. The second-order valence-corrected chi connectivity index (χ2v) is 7.78. The highest BCUT2D eigenvalue weighted by atomic mass is 16.6. The van der Waals surface area contributed by atoms with Crippen molar-refractivity contribution in [2.75, 3.05) is 6.54 Å². The van der Waals surface area contributed by atoms with Gasteiger partial charge in [-0.25, -0.2) is 0 Å². The first-order valence-corrected chi connectivity index (χ1v) is 8.38. The van der Waals surface area contributed by atoms with Crippen LogP contribution in [0.2, 0.25) is 0 Å². The van der Waals surface area contributed by atoms with E-state index in [0.717, 1.165) is 24.8 Å². The fourth-order valence-electron chi connectivity index (χ4n) is 3.89. The van der Waals surface area contributed by atoms with Gasteiger partial charge >= 0.3 is 5.97 Å². The maximum absolute atomic E-state index is 12.8. The lowest BCUT2D eigenvalue weighted by Gasteiger charge is -2.30. The smallest absolute Gasteiger partial charge is 0.315 e. The molecule has 1 amide bonds.